The molecular weight excluding hydrogens is 267 g/mol. The van der Waals surface area contributed by atoms with Gasteiger partial charge < -0.3 is 10.1 Å². The van der Waals surface area contributed by atoms with Crippen molar-refractivity contribution in [2.24, 2.45) is 0 Å². The van der Waals surface area contributed by atoms with E-state index in [2.05, 4.69) is 5.32 Å². The van der Waals surface area contributed by atoms with Gasteiger partial charge in [-0.1, -0.05) is 18.2 Å². The van der Waals surface area contributed by atoms with Crippen LogP contribution in [-0.4, -0.2) is 7.11 Å². The van der Waals surface area contributed by atoms with Crippen molar-refractivity contribution >= 4 is 0 Å². The van der Waals surface area contributed by atoms with Crippen molar-refractivity contribution in [1.29, 1.82) is 5.26 Å². The van der Waals surface area contributed by atoms with Crippen LogP contribution in [0.15, 0.2) is 42.5 Å². The van der Waals surface area contributed by atoms with Gasteiger partial charge >= 0.3 is 0 Å². The molecule has 0 spiro atoms. The van der Waals surface area contributed by atoms with E-state index in [1.807, 2.05) is 37.3 Å². The third-order valence-corrected chi connectivity index (χ3v) is 3.36. The maximum Gasteiger partial charge on any atom is 0.140 e. The largest absolute Gasteiger partial charge is 0.497 e. The third kappa shape index (κ3) is 3.80. The van der Waals surface area contributed by atoms with Crippen molar-refractivity contribution in [2.75, 3.05) is 7.11 Å². The monoisotopic (exact) mass is 284 g/mol. The molecule has 0 amide bonds. The van der Waals surface area contributed by atoms with E-state index in [0.29, 0.717) is 6.54 Å². The fourth-order valence-electron chi connectivity index (χ4n) is 2.07. The van der Waals surface area contributed by atoms with Crippen LogP contribution in [0.1, 0.15) is 29.7 Å². The fourth-order valence-corrected chi connectivity index (χ4v) is 2.07. The summed E-state index contributed by atoms with van der Waals surface area (Å²) in [6, 6.07) is 14.4. The molecule has 0 saturated carbocycles. The van der Waals surface area contributed by atoms with Gasteiger partial charge in [0.15, 0.2) is 0 Å². The summed E-state index contributed by atoms with van der Waals surface area (Å²) in [6.45, 7) is 2.61. The van der Waals surface area contributed by atoms with Crippen LogP contribution in [-0.2, 0) is 6.54 Å². The van der Waals surface area contributed by atoms with E-state index >= 15 is 0 Å². The van der Waals surface area contributed by atoms with Crippen LogP contribution >= 0.6 is 0 Å². The smallest absolute Gasteiger partial charge is 0.140 e. The maximum absolute atomic E-state index is 13.3. The molecule has 2 aromatic carbocycles. The molecule has 0 bridgehead atoms. The van der Waals surface area contributed by atoms with Crippen molar-refractivity contribution in [1.82, 2.24) is 5.32 Å². The summed E-state index contributed by atoms with van der Waals surface area (Å²) in [4.78, 5) is 0. The van der Waals surface area contributed by atoms with Crippen molar-refractivity contribution in [3.8, 4) is 11.8 Å². The van der Waals surface area contributed by atoms with Gasteiger partial charge in [-0.25, -0.2) is 4.39 Å². The molecule has 21 heavy (non-hydrogen) atoms. The van der Waals surface area contributed by atoms with E-state index in [0.717, 1.165) is 16.9 Å². The Bertz CT molecular complexity index is 664. The Labute approximate surface area is 124 Å². The lowest BCUT2D eigenvalue weighted by molar-refractivity contribution is 0.413. The second-order valence-electron chi connectivity index (χ2n) is 4.81. The molecule has 0 heterocycles. The van der Waals surface area contributed by atoms with Gasteiger partial charge in [0, 0.05) is 12.6 Å². The number of rotatable bonds is 5. The predicted octanol–water partition coefficient (Wildman–Crippen LogP) is 3.56. The quantitative estimate of drug-likeness (QED) is 0.913. The van der Waals surface area contributed by atoms with Crippen molar-refractivity contribution < 1.29 is 9.13 Å². The highest BCUT2D eigenvalue weighted by molar-refractivity contribution is 5.34. The Morgan fingerprint density at radius 2 is 2.10 bits per heavy atom. The molecule has 0 aliphatic heterocycles. The summed E-state index contributed by atoms with van der Waals surface area (Å²) in [7, 11) is 1.64. The minimum atomic E-state index is -0.484. The molecule has 0 aliphatic carbocycles. The van der Waals surface area contributed by atoms with Crippen LogP contribution in [0.3, 0.4) is 0 Å². The van der Waals surface area contributed by atoms with Gasteiger partial charge in [0.05, 0.1) is 12.7 Å². The highest BCUT2D eigenvalue weighted by atomic mass is 19.1. The highest BCUT2D eigenvalue weighted by Crippen LogP contribution is 2.19. The zero-order valence-electron chi connectivity index (χ0n) is 12.1. The number of halogens is 1. The average Bonchev–Trinajstić information content (AvgIpc) is 2.53. The van der Waals surface area contributed by atoms with Crippen LogP contribution in [0.4, 0.5) is 4.39 Å². The number of nitrogens with one attached hydrogen (secondary N) is 1. The Balaban J connectivity index is 2.03. The first-order chi connectivity index (χ1) is 10.1. The van der Waals surface area contributed by atoms with Gasteiger partial charge in [-0.3, -0.25) is 0 Å². The molecule has 0 aromatic heterocycles. The van der Waals surface area contributed by atoms with Crippen LogP contribution in [0.25, 0.3) is 0 Å². The Hall–Kier alpha value is -2.38. The van der Waals surface area contributed by atoms with Crippen LogP contribution in [0.5, 0.6) is 5.75 Å². The summed E-state index contributed by atoms with van der Waals surface area (Å²) >= 11 is 0. The Kier molecular flexibility index (Phi) is 4.91. The second kappa shape index (κ2) is 6.87. The molecule has 0 saturated heterocycles. The first kappa shape index (κ1) is 15.0. The number of nitrogens with zero attached hydrogens (tertiary/aromatic N) is 1. The standard InChI is InChI=1S/C17H17FN2O/c1-12(14-4-3-5-16(9-14)21-2)20-11-13-6-7-17(18)15(8-13)10-19/h3-9,12,20H,11H2,1-2H3. The molecule has 1 unspecified atom stereocenters. The van der Waals surface area contributed by atoms with Gasteiger partial charge in [-0.05, 0) is 42.3 Å². The van der Waals surface area contributed by atoms with Gasteiger partial charge in [-0.2, -0.15) is 5.26 Å². The van der Waals surface area contributed by atoms with Gasteiger partial charge in [0.2, 0.25) is 0 Å². The van der Waals surface area contributed by atoms with Gasteiger partial charge in [0.25, 0.3) is 0 Å². The van der Waals surface area contributed by atoms with Crippen LogP contribution in [0, 0.1) is 17.1 Å². The first-order valence-corrected chi connectivity index (χ1v) is 6.70. The molecule has 1 atom stereocenters. The third-order valence-electron chi connectivity index (χ3n) is 3.36. The SMILES string of the molecule is COc1cccc(C(C)NCc2ccc(F)c(C#N)c2)c1. The first-order valence-electron chi connectivity index (χ1n) is 6.70. The van der Waals surface area contributed by atoms with E-state index in [1.165, 1.54) is 6.07 Å². The zero-order chi connectivity index (χ0) is 15.2. The van der Waals surface area contributed by atoms with Crippen molar-refractivity contribution in [3.05, 3.63) is 65.0 Å². The van der Waals surface area contributed by atoms with Crippen molar-refractivity contribution in [2.45, 2.75) is 19.5 Å². The van der Waals surface area contributed by atoms with Gasteiger partial charge in [0.1, 0.15) is 17.6 Å². The lowest BCUT2D eigenvalue weighted by Gasteiger charge is -2.15. The molecule has 4 heteroatoms. The minimum Gasteiger partial charge on any atom is -0.497 e. The Morgan fingerprint density at radius 3 is 2.81 bits per heavy atom. The lowest BCUT2D eigenvalue weighted by atomic mass is 10.1. The number of hydrogen-bond acceptors (Lipinski definition) is 3. The van der Waals surface area contributed by atoms with E-state index in [4.69, 9.17) is 10.00 Å². The number of nitriles is 1. The molecule has 0 radical (unpaired) electrons. The van der Waals surface area contributed by atoms with E-state index in [1.54, 1.807) is 19.2 Å². The molecule has 2 rings (SSSR count). The maximum atomic E-state index is 13.3. The summed E-state index contributed by atoms with van der Waals surface area (Å²) < 4.78 is 18.5. The summed E-state index contributed by atoms with van der Waals surface area (Å²) in [6.07, 6.45) is 0. The predicted molar refractivity (Wildman–Crippen MR) is 79.4 cm³/mol. The zero-order valence-corrected chi connectivity index (χ0v) is 12.1. The molecule has 1 N–H and O–H groups in total. The molecule has 3 nitrogen and oxygen atoms in total. The number of ether oxygens (including phenoxy) is 1. The number of benzene rings is 2. The van der Waals surface area contributed by atoms with Crippen LogP contribution in [0.2, 0.25) is 0 Å². The summed E-state index contributed by atoms with van der Waals surface area (Å²) in [5.74, 6) is 0.330. The molecule has 0 fully saturated rings. The van der Waals surface area contributed by atoms with Crippen LogP contribution < -0.4 is 10.1 Å². The normalized spacial score (nSPS) is 11.7. The topological polar surface area (TPSA) is 45.0 Å². The molecule has 2 aromatic rings. The molecular formula is C17H17FN2O. The number of hydrogen-bond donors (Lipinski definition) is 1. The molecule has 108 valence electrons. The van der Waals surface area contributed by atoms with E-state index in [9.17, 15) is 4.39 Å². The summed E-state index contributed by atoms with van der Waals surface area (Å²) in [5, 5.41) is 12.2. The lowest BCUT2D eigenvalue weighted by Crippen LogP contribution is -2.18. The summed E-state index contributed by atoms with van der Waals surface area (Å²) in [5.41, 5.74) is 2.06. The van der Waals surface area contributed by atoms with E-state index < -0.39 is 5.82 Å². The molecule has 0 aliphatic rings. The Morgan fingerprint density at radius 1 is 1.29 bits per heavy atom. The second-order valence-corrected chi connectivity index (χ2v) is 4.81. The number of methoxy groups -OCH3 is 1. The highest BCUT2D eigenvalue weighted by Gasteiger charge is 2.07. The fraction of sp³-hybridized carbons (Fsp3) is 0.235. The average molecular weight is 284 g/mol. The van der Waals surface area contributed by atoms with Crippen molar-refractivity contribution in [3.63, 3.8) is 0 Å². The minimum absolute atomic E-state index is 0.0725. The van der Waals surface area contributed by atoms with E-state index in [-0.39, 0.29) is 11.6 Å². The van der Waals surface area contributed by atoms with Gasteiger partial charge in [-0.15, -0.1) is 0 Å².